The Labute approximate surface area is 230 Å². The molecule has 3 amide bonds. The van der Waals surface area contributed by atoms with E-state index in [2.05, 4.69) is 15.0 Å². The van der Waals surface area contributed by atoms with Gasteiger partial charge < -0.3 is 19.9 Å². The molecule has 1 saturated heterocycles. The first kappa shape index (κ1) is 26.9. The zero-order chi connectivity index (χ0) is 27.9. The Hall–Kier alpha value is -3.64. The number of piperidine rings is 1. The van der Waals surface area contributed by atoms with Crippen molar-refractivity contribution in [3.63, 3.8) is 0 Å². The predicted molar refractivity (Wildman–Crippen MR) is 143 cm³/mol. The van der Waals surface area contributed by atoms with Gasteiger partial charge in [-0.1, -0.05) is 23.7 Å². The maximum Gasteiger partial charge on any atom is 0.407 e. The number of hydrogen-bond donors (Lipinski definition) is 1. The number of nitrogens with zero attached hydrogens (tertiary/aromatic N) is 4. The van der Waals surface area contributed by atoms with Gasteiger partial charge in [0.1, 0.15) is 11.9 Å². The van der Waals surface area contributed by atoms with Crippen LogP contribution in [0.3, 0.4) is 0 Å². The first-order chi connectivity index (χ1) is 18.6. The molecule has 2 aliphatic heterocycles. The normalized spacial score (nSPS) is 16.8. The number of alkyl carbamates (subject to hydrolysis) is 1. The molecule has 0 radical (unpaired) electrons. The fourth-order valence-corrected chi connectivity index (χ4v) is 6.84. The van der Waals surface area contributed by atoms with Gasteiger partial charge in [-0.3, -0.25) is 9.36 Å². The number of amides is 3. The molecule has 1 atom stereocenters. The van der Waals surface area contributed by atoms with Crippen molar-refractivity contribution in [3.8, 4) is 0 Å². The zero-order valence-electron chi connectivity index (χ0n) is 21.5. The maximum atomic E-state index is 13.5. The Kier molecular flexibility index (Phi) is 7.25. The number of imidazole rings is 1. The standard InChI is InChI=1S/C26H28ClN5O6S/c1-16-28-13-21-14-31(26(35)32(16)21)20-7-9-30(10-8-20)24(33)23(29-25(34)38-2)15-39(36,37)22-6-4-17-11-19(27)5-3-18(17)12-22/h3-6,11-13,20,23H,7-10,14-15H2,1-2H3,(H,29,34)/t23-/m1/s1. The highest BCUT2D eigenvalue weighted by Crippen LogP contribution is 2.27. The van der Waals surface area contributed by atoms with E-state index in [1.54, 1.807) is 46.9 Å². The minimum absolute atomic E-state index is 0.0294. The first-order valence-corrected chi connectivity index (χ1v) is 14.5. The molecule has 3 aromatic rings. The Bertz CT molecular complexity index is 1560. The minimum Gasteiger partial charge on any atom is -0.453 e. The predicted octanol–water partition coefficient (Wildman–Crippen LogP) is 2.97. The molecule has 1 N–H and O–H groups in total. The van der Waals surface area contributed by atoms with Gasteiger partial charge in [-0.25, -0.2) is 23.0 Å². The summed E-state index contributed by atoms with van der Waals surface area (Å²) in [7, 11) is -2.83. The number of fused-ring (bicyclic) bond motifs is 2. The van der Waals surface area contributed by atoms with Crippen LogP contribution in [-0.2, 0) is 25.9 Å². The molecular formula is C26H28ClN5O6S. The van der Waals surface area contributed by atoms with Crippen molar-refractivity contribution in [2.45, 2.75) is 43.3 Å². The number of aromatic nitrogens is 2. The second-order valence-corrected chi connectivity index (χ2v) is 12.2. The summed E-state index contributed by atoms with van der Waals surface area (Å²) in [5, 5.41) is 4.39. The van der Waals surface area contributed by atoms with Gasteiger partial charge in [0.05, 0.1) is 36.2 Å². The van der Waals surface area contributed by atoms with Crippen molar-refractivity contribution in [1.29, 1.82) is 0 Å². The van der Waals surface area contributed by atoms with Crippen LogP contribution >= 0.6 is 11.6 Å². The van der Waals surface area contributed by atoms with Crippen LogP contribution in [0.2, 0.25) is 5.02 Å². The number of benzene rings is 2. The lowest BCUT2D eigenvalue weighted by molar-refractivity contribution is -0.134. The fourth-order valence-electron chi connectivity index (χ4n) is 5.22. The summed E-state index contributed by atoms with van der Waals surface area (Å²) in [6.45, 7) is 2.87. The first-order valence-electron chi connectivity index (χ1n) is 12.5. The second kappa shape index (κ2) is 10.5. The highest BCUT2D eigenvalue weighted by Gasteiger charge is 2.38. The third-order valence-corrected chi connectivity index (χ3v) is 9.27. The van der Waals surface area contributed by atoms with Crippen molar-refractivity contribution in [1.82, 2.24) is 24.7 Å². The molecule has 0 spiro atoms. The summed E-state index contributed by atoms with van der Waals surface area (Å²) < 4.78 is 32.9. The highest BCUT2D eigenvalue weighted by molar-refractivity contribution is 7.91. The Morgan fingerprint density at radius 3 is 2.54 bits per heavy atom. The van der Waals surface area contributed by atoms with Crippen LogP contribution < -0.4 is 5.32 Å². The van der Waals surface area contributed by atoms with Crippen molar-refractivity contribution in [3.05, 3.63) is 59.1 Å². The number of likely N-dealkylation sites (tertiary alicyclic amines) is 1. The van der Waals surface area contributed by atoms with Gasteiger partial charge in [0.25, 0.3) is 0 Å². The number of ether oxygens (including phenoxy) is 1. The Morgan fingerprint density at radius 2 is 1.85 bits per heavy atom. The number of aryl methyl sites for hydroxylation is 1. The van der Waals surface area contributed by atoms with Crippen LogP contribution in [-0.4, -0.2) is 83.8 Å². The fraction of sp³-hybridized carbons (Fsp3) is 0.385. The summed E-state index contributed by atoms with van der Waals surface area (Å²) in [4.78, 5) is 45.9. The number of halogens is 1. The van der Waals surface area contributed by atoms with Crippen LogP contribution in [0.1, 0.15) is 24.4 Å². The summed E-state index contributed by atoms with van der Waals surface area (Å²) in [5.41, 5.74) is 0.834. The van der Waals surface area contributed by atoms with E-state index >= 15 is 0 Å². The number of hydrogen-bond acceptors (Lipinski definition) is 7. The molecule has 2 aromatic carbocycles. The molecule has 1 aromatic heterocycles. The second-order valence-electron chi connectivity index (χ2n) is 9.72. The SMILES string of the molecule is COC(=O)N[C@H](CS(=O)(=O)c1ccc2cc(Cl)ccc2c1)C(=O)N1CCC(N2Cc3cnc(C)n3C2=O)CC1. The number of carbonyl (C=O) groups is 3. The van der Waals surface area contributed by atoms with Gasteiger partial charge in [-0.05, 0) is 54.8 Å². The Morgan fingerprint density at radius 1 is 1.15 bits per heavy atom. The topological polar surface area (TPSA) is 131 Å². The molecule has 0 aliphatic carbocycles. The molecule has 0 saturated carbocycles. The molecule has 1 fully saturated rings. The van der Waals surface area contributed by atoms with Gasteiger partial charge in [-0.2, -0.15) is 0 Å². The van der Waals surface area contributed by atoms with Crippen LogP contribution in [0.25, 0.3) is 10.8 Å². The molecule has 5 rings (SSSR count). The largest absolute Gasteiger partial charge is 0.453 e. The number of methoxy groups -OCH3 is 1. The van der Waals surface area contributed by atoms with Gasteiger partial charge in [-0.15, -0.1) is 0 Å². The van der Waals surface area contributed by atoms with Crippen LogP contribution in [0.5, 0.6) is 0 Å². The van der Waals surface area contributed by atoms with E-state index in [-0.39, 0.29) is 17.0 Å². The zero-order valence-corrected chi connectivity index (χ0v) is 23.0. The van der Waals surface area contributed by atoms with Crippen molar-refractivity contribution < 1.29 is 27.5 Å². The minimum atomic E-state index is -3.97. The van der Waals surface area contributed by atoms with E-state index in [0.29, 0.717) is 48.7 Å². The highest BCUT2D eigenvalue weighted by atomic mass is 35.5. The quantitative estimate of drug-likeness (QED) is 0.479. The van der Waals surface area contributed by atoms with Crippen LogP contribution in [0.4, 0.5) is 9.59 Å². The average molecular weight is 574 g/mol. The van der Waals surface area contributed by atoms with Gasteiger partial charge in [0, 0.05) is 24.2 Å². The average Bonchev–Trinajstić information content (AvgIpc) is 3.46. The van der Waals surface area contributed by atoms with Crippen LogP contribution in [0, 0.1) is 6.92 Å². The molecule has 0 unspecified atom stereocenters. The van der Waals surface area contributed by atoms with Crippen LogP contribution in [0.15, 0.2) is 47.5 Å². The van der Waals surface area contributed by atoms with E-state index < -0.39 is 33.6 Å². The van der Waals surface area contributed by atoms with Crippen molar-refractivity contribution in [2.24, 2.45) is 0 Å². The molecule has 11 nitrogen and oxygen atoms in total. The van der Waals surface area contributed by atoms with Gasteiger partial charge in [0.2, 0.25) is 5.91 Å². The molecule has 3 heterocycles. The van der Waals surface area contributed by atoms with Crippen molar-refractivity contribution >= 4 is 50.2 Å². The lowest BCUT2D eigenvalue weighted by atomic mass is 10.0. The lowest BCUT2D eigenvalue weighted by Gasteiger charge is -2.37. The summed E-state index contributed by atoms with van der Waals surface area (Å²) in [6.07, 6.45) is 1.85. The van der Waals surface area contributed by atoms with E-state index in [9.17, 15) is 22.8 Å². The maximum absolute atomic E-state index is 13.5. The van der Waals surface area contributed by atoms with E-state index in [4.69, 9.17) is 11.6 Å². The Balaban J connectivity index is 1.29. The summed E-state index contributed by atoms with van der Waals surface area (Å²) in [5.74, 6) is -0.515. The molecule has 0 bridgehead atoms. The third-order valence-electron chi connectivity index (χ3n) is 7.29. The van der Waals surface area contributed by atoms with E-state index in [1.165, 1.54) is 17.0 Å². The number of nitrogens with one attached hydrogen (secondary N) is 1. The summed E-state index contributed by atoms with van der Waals surface area (Å²) >= 11 is 6.03. The van der Waals surface area contributed by atoms with Gasteiger partial charge in [0.15, 0.2) is 9.84 Å². The monoisotopic (exact) mass is 573 g/mol. The molecule has 2 aliphatic rings. The number of carbonyl (C=O) groups excluding carboxylic acids is 3. The molecular weight excluding hydrogens is 546 g/mol. The number of rotatable bonds is 6. The van der Waals surface area contributed by atoms with E-state index in [0.717, 1.165) is 18.2 Å². The molecule has 206 valence electrons. The van der Waals surface area contributed by atoms with E-state index in [1.807, 2.05) is 0 Å². The number of sulfone groups is 1. The lowest BCUT2D eigenvalue weighted by Crippen LogP contribution is -2.55. The summed E-state index contributed by atoms with van der Waals surface area (Å²) in [6, 6.07) is 8.21. The molecule has 13 heteroatoms. The molecule has 39 heavy (non-hydrogen) atoms. The smallest absolute Gasteiger partial charge is 0.407 e. The van der Waals surface area contributed by atoms with Crippen molar-refractivity contribution in [2.75, 3.05) is 26.0 Å². The third kappa shape index (κ3) is 5.30. The van der Waals surface area contributed by atoms with Gasteiger partial charge >= 0.3 is 12.1 Å².